The van der Waals surface area contributed by atoms with E-state index in [0.29, 0.717) is 16.9 Å². The van der Waals surface area contributed by atoms with E-state index in [4.69, 9.17) is 5.21 Å². The maximum absolute atomic E-state index is 13.9. The molecule has 24 heavy (non-hydrogen) atoms. The van der Waals surface area contributed by atoms with E-state index in [-0.39, 0.29) is 5.69 Å². The van der Waals surface area contributed by atoms with E-state index in [0.717, 1.165) is 11.1 Å². The number of aromatic nitrogens is 2. The van der Waals surface area contributed by atoms with Crippen LogP contribution in [0.15, 0.2) is 48.5 Å². The van der Waals surface area contributed by atoms with E-state index in [9.17, 15) is 9.18 Å². The Labute approximate surface area is 138 Å². The van der Waals surface area contributed by atoms with Crippen molar-refractivity contribution in [2.45, 2.75) is 13.8 Å². The van der Waals surface area contributed by atoms with Gasteiger partial charge in [-0.05, 0) is 37.6 Å². The number of halogens is 1. The monoisotopic (exact) mass is 325 g/mol. The second-order valence-electron chi connectivity index (χ2n) is 5.47. The van der Waals surface area contributed by atoms with Crippen LogP contribution in [0.5, 0.6) is 0 Å². The van der Waals surface area contributed by atoms with Crippen LogP contribution < -0.4 is 5.48 Å². The summed E-state index contributed by atoms with van der Waals surface area (Å²) in [5.74, 6) is -1.11. The molecular weight excluding hydrogens is 309 g/mol. The number of hydrogen-bond donors (Lipinski definition) is 2. The Morgan fingerprint density at radius 1 is 1.17 bits per heavy atom. The van der Waals surface area contributed by atoms with Gasteiger partial charge in [0.15, 0.2) is 0 Å². The number of hydroxylamine groups is 1. The van der Waals surface area contributed by atoms with Gasteiger partial charge in [-0.15, -0.1) is 0 Å². The third-order valence-electron chi connectivity index (χ3n) is 3.93. The van der Waals surface area contributed by atoms with Crippen LogP contribution >= 0.6 is 0 Å². The molecule has 0 unspecified atom stereocenters. The average molecular weight is 325 g/mol. The SMILES string of the molecule is Cc1ccccc1-c1cc(C(=O)NO)n(-c2cccc(F)c2C)n1. The summed E-state index contributed by atoms with van der Waals surface area (Å²) in [6, 6.07) is 13.7. The van der Waals surface area contributed by atoms with Gasteiger partial charge < -0.3 is 0 Å². The molecule has 3 aromatic rings. The zero-order valence-electron chi connectivity index (χ0n) is 13.2. The number of benzene rings is 2. The zero-order chi connectivity index (χ0) is 17.3. The molecular formula is C18H16FN3O2. The van der Waals surface area contributed by atoms with Crippen LogP contribution in [0, 0.1) is 19.7 Å². The summed E-state index contributed by atoms with van der Waals surface area (Å²) in [7, 11) is 0. The van der Waals surface area contributed by atoms with Crippen molar-refractivity contribution in [3.05, 3.63) is 71.2 Å². The highest BCUT2D eigenvalue weighted by Crippen LogP contribution is 2.26. The molecule has 0 radical (unpaired) electrons. The first kappa shape index (κ1) is 15.9. The molecule has 6 heteroatoms. The lowest BCUT2D eigenvalue weighted by molar-refractivity contribution is 0.0697. The smallest absolute Gasteiger partial charge is 0.288 e. The Morgan fingerprint density at radius 3 is 2.62 bits per heavy atom. The first-order valence-corrected chi connectivity index (χ1v) is 7.39. The number of carbonyl (C=O) groups excluding carboxylic acids is 1. The van der Waals surface area contributed by atoms with Crippen LogP contribution in [0.2, 0.25) is 0 Å². The second kappa shape index (κ2) is 6.25. The van der Waals surface area contributed by atoms with Crippen molar-refractivity contribution in [1.82, 2.24) is 15.3 Å². The number of aryl methyl sites for hydroxylation is 1. The molecule has 2 aromatic carbocycles. The predicted octanol–water partition coefficient (Wildman–Crippen LogP) is 3.41. The van der Waals surface area contributed by atoms with Crippen LogP contribution in [0.25, 0.3) is 16.9 Å². The molecule has 1 aromatic heterocycles. The van der Waals surface area contributed by atoms with Crippen molar-refractivity contribution in [2.75, 3.05) is 0 Å². The maximum atomic E-state index is 13.9. The molecule has 0 bridgehead atoms. The van der Waals surface area contributed by atoms with Gasteiger partial charge in [0, 0.05) is 11.1 Å². The van der Waals surface area contributed by atoms with Gasteiger partial charge in [-0.25, -0.2) is 14.6 Å². The van der Waals surface area contributed by atoms with Gasteiger partial charge >= 0.3 is 0 Å². The lowest BCUT2D eigenvalue weighted by Crippen LogP contribution is -2.22. The predicted molar refractivity (Wildman–Crippen MR) is 87.7 cm³/mol. The molecule has 0 spiro atoms. The highest BCUT2D eigenvalue weighted by atomic mass is 19.1. The van der Waals surface area contributed by atoms with E-state index in [1.165, 1.54) is 10.7 Å². The summed E-state index contributed by atoms with van der Waals surface area (Å²) in [6.07, 6.45) is 0. The summed E-state index contributed by atoms with van der Waals surface area (Å²) < 4.78 is 15.2. The molecule has 0 saturated carbocycles. The van der Waals surface area contributed by atoms with E-state index in [1.54, 1.807) is 30.6 Å². The van der Waals surface area contributed by atoms with Crippen molar-refractivity contribution < 1.29 is 14.4 Å². The third kappa shape index (κ3) is 2.68. The fourth-order valence-corrected chi connectivity index (χ4v) is 2.60. The van der Waals surface area contributed by atoms with Gasteiger partial charge in [0.2, 0.25) is 0 Å². The standard InChI is InChI=1S/C18H16FN3O2/c1-11-6-3-4-7-13(11)15-10-17(18(23)21-24)22(20-15)16-9-5-8-14(19)12(16)2/h3-10,24H,1-2H3,(H,21,23). The zero-order valence-corrected chi connectivity index (χ0v) is 13.2. The Kier molecular flexibility index (Phi) is 4.14. The first-order chi connectivity index (χ1) is 11.5. The van der Waals surface area contributed by atoms with Gasteiger partial charge in [0.25, 0.3) is 5.91 Å². The Hall–Kier alpha value is -2.99. The second-order valence-corrected chi connectivity index (χ2v) is 5.47. The molecule has 2 N–H and O–H groups in total. The van der Waals surface area contributed by atoms with E-state index in [2.05, 4.69) is 5.10 Å². The normalized spacial score (nSPS) is 10.7. The molecule has 3 rings (SSSR count). The minimum atomic E-state index is -0.717. The molecule has 0 aliphatic carbocycles. The molecule has 0 saturated heterocycles. The number of hydrogen-bond acceptors (Lipinski definition) is 3. The quantitative estimate of drug-likeness (QED) is 0.573. The average Bonchev–Trinajstić information content (AvgIpc) is 3.02. The minimum absolute atomic E-state index is 0.115. The highest BCUT2D eigenvalue weighted by Gasteiger charge is 2.19. The third-order valence-corrected chi connectivity index (χ3v) is 3.93. The number of nitrogens with zero attached hydrogens (tertiary/aromatic N) is 2. The number of amides is 1. The van der Waals surface area contributed by atoms with E-state index >= 15 is 0 Å². The Bertz CT molecular complexity index is 918. The van der Waals surface area contributed by atoms with Gasteiger partial charge in [-0.3, -0.25) is 10.0 Å². The van der Waals surface area contributed by atoms with Gasteiger partial charge in [0.05, 0.1) is 11.4 Å². The fraction of sp³-hybridized carbons (Fsp3) is 0.111. The van der Waals surface area contributed by atoms with Crippen LogP contribution in [0.4, 0.5) is 4.39 Å². The number of rotatable bonds is 3. The van der Waals surface area contributed by atoms with Crippen molar-refractivity contribution in [1.29, 1.82) is 0 Å². The molecule has 5 nitrogen and oxygen atoms in total. The van der Waals surface area contributed by atoms with Crippen molar-refractivity contribution in [3.63, 3.8) is 0 Å². The lowest BCUT2D eigenvalue weighted by Gasteiger charge is -2.09. The molecule has 0 atom stereocenters. The van der Waals surface area contributed by atoms with Crippen LogP contribution in [0.3, 0.4) is 0 Å². The van der Waals surface area contributed by atoms with Gasteiger partial charge in [-0.2, -0.15) is 5.10 Å². The summed E-state index contributed by atoms with van der Waals surface area (Å²) in [6.45, 7) is 3.55. The molecule has 1 heterocycles. The Morgan fingerprint density at radius 2 is 1.92 bits per heavy atom. The van der Waals surface area contributed by atoms with E-state index in [1.807, 2.05) is 31.2 Å². The summed E-state index contributed by atoms with van der Waals surface area (Å²) >= 11 is 0. The number of nitrogens with one attached hydrogen (secondary N) is 1. The van der Waals surface area contributed by atoms with Crippen molar-refractivity contribution >= 4 is 5.91 Å². The summed E-state index contributed by atoms with van der Waals surface area (Å²) in [4.78, 5) is 12.0. The van der Waals surface area contributed by atoms with Crippen LogP contribution in [0.1, 0.15) is 21.6 Å². The van der Waals surface area contributed by atoms with Gasteiger partial charge in [0.1, 0.15) is 11.5 Å². The molecule has 0 fully saturated rings. The fourth-order valence-electron chi connectivity index (χ4n) is 2.60. The molecule has 122 valence electrons. The van der Waals surface area contributed by atoms with E-state index < -0.39 is 11.7 Å². The van der Waals surface area contributed by atoms with Crippen molar-refractivity contribution in [2.24, 2.45) is 0 Å². The summed E-state index contributed by atoms with van der Waals surface area (Å²) in [5, 5.41) is 13.5. The Balaban J connectivity index is 2.24. The van der Waals surface area contributed by atoms with Crippen LogP contribution in [-0.4, -0.2) is 20.9 Å². The molecule has 1 amide bonds. The first-order valence-electron chi connectivity index (χ1n) is 7.39. The lowest BCUT2D eigenvalue weighted by atomic mass is 10.1. The van der Waals surface area contributed by atoms with Gasteiger partial charge in [-0.1, -0.05) is 30.3 Å². The minimum Gasteiger partial charge on any atom is -0.288 e. The van der Waals surface area contributed by atoms with Crippen molar-refractivity contribution in [3.8, 4) is 16.9 Å². The highest BCUT2D eigenvalue weighted by molar-refractivity contribution is 5.93. The molecule has 0 aliphatic heterocycles. The maximum Gasteiger partial charge on any atom is 0.293 e. The topological polar surface area (TPSA) is 67.2 Å². The van der Waals surface area contributed by atoms with Crippen LogP contribution in [-0.2, 0) is 0 Å². The largest absolute Gasteiger partial charge is 0.293 e. The number of carbonyl (C=O) groups is 1. The summed E-state index contributed by atoms with van der Waals surface area (Å²) in [5.41, 5.74) is 4.95. The molecule has 0 aliphatic rings.